The lowest BCUT2D eigenvalue weighted by Gasteiger charge is -2.00. The van der Waals surface area contributed by atoms with E-state index in [0.29, 0.717) is 0 Å². The van der Waals surface area contributed by atoms with Crippen molar-refractivity contribution in [1.29, 1.82) is 0 Å². The van der Waals surface area contributed by atoms with Crippen molar-refractivity contribution >= 4 is 11.0 Å². The van der Waals surface area contributed by atoms with Crippen LogP contribution in [0.4, 0.5) is 0 Å². The largest absolute Gasteiger partial charge is 0.508 e. The number of hydrogen-bond donors (Lipinski definition) is 1. The third-order valence-corrected chi connectivity index (χ3v) is 2.91. The van der Waals surface area contributed by atoms with Gasteiger partial charge < -0.3 is 9.52 Å². The van der Waals surface area contributed by atoms with Gasteiger partial charge in [0.1, 0.15) is 17.1 Å². The predicted molar refractivity (Wildman–Crippen MR) is 68.1 cm³/mol. The zero-order valence-electron chi connectivity index (χ0n) is 9.47. The monoisotopic (exact) mass is 224 g/mol. The highest BCUT2D eigenvalue weighted by molar-refractivity contribution is 5.84. The number of benzene rings is 2. The van der Waals surface area contributed by atoms with Crippen LogP contribution in [0.15, 0.2) is 52.9 Å². The van der Waals surface area contributed by atoms with Crippen LogP contribution in [0.1, 0.15) is 5.56 Å². The van der Waals surface area contributed by atoms with E-state index in [2.05, 4.69) is 13.0 Å². The lowest BCUT2D eigenvalue weighted by atomic mass is 10.1. The molecule has 2 heteroatoms. The zero-order chi connectivity index (χ0) is 11.8. The number of aryl methyl sites for hydroxylation is 1. The maximum atomic E-state index is 9.42. The Hall–Kier alpha value is -2.22. The van der Waals surface area contributed by atoms with Crippen molar-refractivity contribution in [2.45, 2.75) is 6.92 Å². The second-order valence-electron chi connectivity index (χ2n) is 4.15. The smallest absolute Gasteiger partial charge is 0.135 e. The molecule has 3 rings (SSSR count). The molecular weight excluding hydrogens is 212 g/mol. The summed E-state index contributed by atoms with van der Waals surface area (Å²) in [5, 5.41) is 10.3. The van der Waals surface area contributed by atoms with Gasteiger partial charge in [0.2, 0.25) is 0 Å². The molecule has 0 radical (unpaired) electrons. The van der Waals surface area contributed by atoms with Crippen LogP contribution in [0.2, 0.25) is 0 Å². The SMILES string of the molecule is Cc1ccccc1-c1cc2cc(O)ccc2o1. The van der Waals surface area contributed by atoms with E-state index in [-0.39, 0.29) is 5.75 Å². The normalized spacial score (nSPS) is 10.9. The summed E-state index contributed by atoms with van der Waals surface area (Å²) in [6.07, 6.45) is 0. The number of aromatic hydroxyl groups is 1. The Balaban J connectivity index is 2.22. The van der Waals surface area contributed by atoms with Gasteiger partial charge >= 0.3 is 0 Å². The van der Waals surface area contributed by atoms with Crippen LogP contribution in [-0.4, -0.2) is 5.11 Å². The molecule has 2 nitrogen and oxygen atoms in total. The molecule has 0 bridgehead atoms. The highest BCUT2D eigenvalue weighted by Gasteiger charge is 2.08. The first-order valence-electron chi connectivity index (χ1n) is 5.52. The molecule has 0 spiro atoms. The van der Waals surface area contributed by atoms with Crippen molar-refractivity contribution in [2.75, 3.05) is 0 Å². The second kappa shape index (κ2) is 3.67. The molecule has 17 heavy (non-hydrogen) atoms. The molecule has 2 aromatic carbocycles. The van der Waals surface area contributed by atoms with Gasteiger partial charge in [0, 0.05) is 10.9 Å². The van der Waals surface area contributed by atoms with E-state index in [1.165, 1.54) is 5.56 Å². The van der Waals surface area contributed by atoms with Gasteiger partial charge in [-0.2, -0.15) is 0 Å². The predicted octanol–water partition coefficient (Wildman–Crippen LogP) is 4.11. The summed E-state index contributed by atoms with van der Waals surface area (Å²) < 4.78 is 5.78. The quantitative estimate of drug-likeness (QED) is 0.674. The van der Waals surface area contributed by atoms with E-state index >= 15 is 0 Å². The maximum Gasteiger partial charge on any atom is 0.135 e. The van der Waals surface area contributed by atoms with Crippen LogP contribution in [0, 0.1) is 6.92 Å². The van der Waals surface area contributed by atoms with E-state index in [1.807, 2.05) is 24.3 Å². The van der Waals surface area contributed by atoms with E-state index in [4.69, 9.17) is 4.42 Å². The summed E-state index contributed by atoms with van der Waals surface area (Å²) >= 11 is 0. The first-order valence-corrected chi connectivity index (χ1v) is 5.52. The van der Waals surface area contributed by atoms with Crippen LogP contribution in [0.5, 0.6) is 5.75 Å². The van der Waals surface area contributed by atoms with E-state index in [1.54, 1.807) is 18.2 Å². The van der Waals surface area contributed by atoms with E-state index in [0.717, 1.165) is 22.3 Å². The van der Waals surface area contributed by atoms with Crippen molar-refractivity contribution in [3.63, 3.8) is 0 Å². The van der Waals surface area contributed by atoms with Crippen LogP contribution in [-0.2, 0) is 0 Å². The van der Waals surface area contributed by atoms with E-state index in [9.17, 15) is 5.11 Å². The fourth-order valence-electron chi connectivity index (χ4n) is 2.01. The average molecular weight is 224 g/mol. The van der Waals surface area contributed by atoms with Crippen molar-refractivity contribution in [3.05, 3.63) is 54.1 Å². The molecule has 84 valence electrons. The highest BCUT2D eigenvalue weighted by Crippen LogP contribution is 2.31. The number of hydrogen-bond acceptors (Lipinski definition) is 2. The van der Waals surface area contributed by atoms with Gasteiger partial charge in [-0.15, -0.1) is 0 Å². The molecule has 1 aromatic heterocycles. The standard InChI is InChI=1S/C15H12O2/c1-10-4-2-3-5-13(10)15-9-11-8-12(16)6-7-14(11)17-15/h2-9,16H,1H3. The van der Waals surface area contributed by atoms with E-state index < -0.39 is 0 Å². The summed E-state index contributed by atoms with van der Waals surface area (Å²) in [5.74, 6) is 1.10. The molecule has 0 atom stereocenters. The molecule has 0 fully saturated rings. The van der Waals surface area contributed by atoms with Crippen molar-refractivity contribution in [1.82, 2.24) is 0 Å². The minimum atomic E-state index is 0.259. The highest BCUT2D eigenvalue weighted by atomic mass is 16.3. The third kappa shape index (κ3) is 1.68. The van der Waals surface area contributed by atoms with Gasteiger partial charge in [0.15, 0.2) is 0 Å². The molecule has 3 aromatic rings. The second-order valence-corrected chi connectivity index (χ2v) is 4.15. The molecule has 0 aliphatic carbocycles. The minimum Gasteiger partial charge on any atom is -0.508 e. The average Bonchev–Trinajstić information content (AvgIpc) is 2.72. The summed E-state index contributed by atoms with van der Waals surface area (Å²) in [5.41, 5.74) is 3.06. The Labute approximate surface area is 99.1 Å². The zero-order valence-corrected chi connectivity index (χ0v) is 9.47. The topological polar surface area (TPSA) is 33.4 Å². The Bertz CT molecular complexity index is 680. The molecule has 0 aliphatic rings. The molecule has 1 heterocycles. The number of phenolic OH excluding ortho intramolecular Hbond substituents is 1. The minimum absolute atomic E-state index is 0.259. The molecule has 0 unspecified atom stereocenters. The third-order valence-electron chi connectivity index (χ3n) is 2.91. The molecule has 0 saturated carbocycles. The lowest BCUT2D eigenvalue weighted by molar-refractivity contribution is 0.476. The van der Waals surface area contributed by atoms with Crippen molar-refractivity contribution in [2.24, 2.45) is 0 Å². The number of phenols is 1. The van der Waals surface area contributed by atoms with Crippen LogP contribution >= 0.6 is 0 Å². The van der Waals surface area contributed by atoms with Gasteiger partial charge in [-0.05, 0) is 36.8 Å². The number of rotatable bonds is 1. The Kier molecular flexibility index (Phi) is 2.15. The van der Waals surface area contributed by atoms with Crippen LogP contribution in [0.25, 0.3) is 22.3 Å². The fourth-order valence-corrected chi connectivity index (χ4v) is 2.01. The Morgan fingerprint density at radius 2 is 1.82 bits per heavy atom. The molecule has 1 N–H and O–H groups in total. The number of furan rings is 1. The summed E-state index contributed by atoms with van der Waals surface area (Å²) in [6.45, 7) is 2.06. The molecular formula is C15H12O2. The summed E-state index contributed by atoms with van der Waals surface area (Å²) in [6, 6.07) is 15.2. The number of fused-ring (bicyclic) bond motifs is 1. The van der Waals surface area contributed by atoms with Gasteiger partial charge in [-0.1, -0.05) is 24.3 Å². The van der Waals surface area contributed by atoms with Gasteiger partial charge in [0.05, 0.1) is 0 Å². The summed E-state index contributed by atoms with van der Waals surface area (Å²) in [4.78, 5) is 0. The first-order chi connectivity index (χ1) is 8.24. The fraction of sp³-hybridized carbons (Fsp3) is 0.0667. The Morgan fingerprint density at radius 3 is 2.65 bits per heavy atom. The van der Waals surface area contributed by atoms with Crippen LogP contribution in [0.3, 0.4) is 0 Å². The molecule has 0 saturated heterocycles. The van der Waals surface area contributed by atoms with Gasteiger partial charge in [-0.25, -0.2) is 0 Å². The van der Waals surface area contributed by atoms with Crippen molar-refractivity contribution in [3.8, 4) is 17.1 Å². The van der Waals surface area contributed by atoms with Gasteiger partial charge in [0.25, 0.3) is 0 Å². The van der Waals surface area contributed by atoms with Gasteiger partial charge in [-0.3, -0.25) is 0 Å². The van der Waals surface area contributed by atoms with Crippen molar-refractivity contribution < 1.29 is 9.52 Å². The van der Waals surface area contributed by atoms with Crippen LogP contribution < -0.4 is 0 Å². The maximum absolute atomic E-state index is 9.42. The summed E-state index contributed by atoms with van der Waals surface area (Å²) in [7, 11) is 0. The molecule has 0 amide bonds. The lowest BCUT2D eigenvalue weighted by Crippen LogP contribution is -1.78. The Morgan fingerprint density at radius 1 is 1.00 bits per heavy atom. The first kappa shape index (κ1) is 9.97. The molecule has 0 aliphatic heterocycles.